The van der Waals surface area contributed by atoms with E-state index in [1.165, 1.54) is 7.11 Å². The number of azo groups is 1. The number of nitrogens with zero attached hydrogens (tertiary/aromatic N) is 2. The Morgan fingerprint density at radius 1 is 1.83 bits per heavy atom. The number of fused-ring (bicyclic) bond motifs is 1. The number of ether oxygens (including phenoxy) is 1. The Morgan fingerprint density at radius 2 is 2.58 bits per heavy atom. The van der Waals surface area contributed by atoms with E-state index < -0.39 is 5.00 Å². The van der Waals surface area contributed by atoms with Gasteiger partial charge in [0.25, 0.3) is 5.91 Å². The molecule has 1 amide bonds. The zero-order valence-electron chi connectivity index (χ0n) is 6.45. The molecule has 12 heavy (non-hydrogen) atoms. The SMILES string of the molecule is CO[C@H]1NC(=O)[C@@]2(Cl)N=NC[C@@H]12. The normalized spacial score (nSPS) is 44.7. The van der Waals surface area contributed by atoms with E-state index in [2.05, 4.69) is 15.5 Å². The summed E-state index contributed by atoms with van der Waals surface area (Å²) in [6, 6.07) is 0. The fraction of sp³-hybridized carbons (Fsp3) is 0.833. The van der Waals surface area contributed by atoms with Crippen LogP contribution in [-0.4, -0.2) is 30.8 Å². The molecule has 0 spiro atoms. The largest absolute Gasteiger partial charge is 0.361 e. The van der Waals surface area contributed by atoms with Gasteiger partial charge in [0.1, 0.15) is 6.23 Å². The zero-order chi connectivity index (χ0) is 8.77. The lowest BCUT2D eigenvalue weighted by atomic mass is 10.0. The second-order valence-corrected chi connectivity index (χ2v) is 3.41. The van der Waals surface area contributed by atoms with Gasteiger partial charge < -0.3 is 10.1 Å². The number of carbonyl (C=O) groups is 1. The van der Waals surface area contributed by atoms with Crippen LogP contribution in [0.1, 0.15) is 0 Å². The van der Waals surface area contributed by atoms with Gasteiger partial charge in [0.05, 0.1) is 12.5 Å². The number of amides is 1. The minimum atomic E-state index is -1.21. The van der Waals surface area contributed by atoms with Crippen LogP contribution in [0, 0.1) is 5.92 Å². The van der Waals surface area contributed by atoms with Gasteiger partial charge in [0.15, 0.2) is 0 Å². The first-order valence-electron chi connectivity index (χ1n) is 3.60. The summed E-state index contributed by atoms with van der Waals surface area (Å²) in [6.07, 6.45) is -0.356. The summed E-state index contributed by atoms with van der Waals surface area (Å²) in [7, 11) is 1.52. The molecule has 2 aliphatic heterocycles. The smallest absolute Gasteiger partial charge is 0.267 e. The van der Waals surface area contributed by atoms with Crippen molar-refractivity contribution in [2.24, 2.45) is 16.1 Å². The van der Waals surface area contributed by atoms with Crippen molar-refractivity contribution >= 4 is 17.5 Å². The summed E-state index contributed by atoms with van der Waals surface area (Å²) in [5.41, 5.74) is 0. The summed E-state index contributed by atoms with van der Waals surface area (Å²) in [5.74, 6) is -0.487. The molecule has 5 nitrogen and oxygen atoms in total. The van der Waals surface area contributed by atoms with Crippen LogP contribution in [-0.2, 0) is 9.53 Å². The molecule has 0 aromatic rings. The van der Waals surface area contributed by atoms with Crippen LogP contribution in [0.25, 0.3) is 0 Å². The van der Waals surface area contributed by atoms with Crippen LogP contribution in [0.5, 0.6) is 0 Å². The standard InChI is InChI=1S/C6H8ClN3O2/c1-12-4-3-2-8-10-6(3,7)5(11)9-4/h3-4H,2H2,1H3,(H,9,11)/t3-,4+,6-/m0/s1. The quantitative estimate of drug-likeness (QED) is 0.470. The molecule has 2 aliphatic rings. The number of carbonyl (C=O) groups excluding carboxylic acids is 1. The highest BCUT2D eigenvalue weighted by molar-refractivity contribution is 6.35. The second-order valence-electron chi connectivity index (χ2n) is 2.83. The Labute approximate surface area is 74.1 Å². The van der Waals surface area contributed by atoms with Crippen molar-refractivity contribution in [3.8, 4) is 0 Å². The maximum Gasteiger partial charge on any atom is 0.267 e. The molecule has 1 N–H and O–H groups in total. The van der Waals surface area contributed by atoms with Gasteiger partial charge in [0.2, 0.25) is 5.00 Å². The summed E-state index contributed by atoms with van der Waals surface area (Å²) in [4.78, 5) is 10.1. The van der Waals surface area contributed by atoms with Gasteiger partial charge in [-0.2, -0.15) is 10.2 Å². The van der Waals surface area contributed by atoms with E-state index in [9.17, 15) is 4.79 Å². The maximum absolute atomic E-state index is 11.3. The lowest BCUT2D eigenvalue weighted by molar-refractivity contribution is -0.122. The van der Waals surface area contributed by atoms with E-state index in [1.54, 1.807) is 0 Å². The molecule has 3 atom stereocenters. The minimum absolute atomic E-state index is 0.170. The third-order valence-electron chi connectivity index (χ3n) is 2.20. The number of rotatable bonds is 1. The Kier molecular flexibility index (Phi) is 1.59. The fourth-order valence-electron chi connectivity index (χ4n) is 1.49. The third-order valence-corrected chi connectivity index (χ3v) is 2.72. The third kappa shape index (κ3) is 0.804. The molecule has 0 saturated carbocycles. The van der Waals surface area contributed by atoms with Gasteiger partial charge in [-0.15, -0.1) is 0 Å². The first kappa shape index (κ1) is 7.94. The summed E-state index contributed by atoms with van der Waals surface area (Å²) >= 11 is 5.94. The molecular formula is C6H8ClN3O2. The highest BCUT2D eigenvalue weighted by Gasteiger charge is 2.58. The van der Waals surface area contributed by atoms with Crippen LogP contribution in [0.15, 0.2) is 10.2 Å². The molecule has 0 bridgehead atoms. The summed E-state index contributed by atoms with van der Waals surface area (Å²) in [6.45, 7) is 0.445. The predicted octanol–water partition coefficient (Wildman–Crippen LogP) is 0.106. The molecule has 0 aliphatic carbocycles. The van der Waals surface area contributed by atoms with Crippen molar-refractivity contribution in [1.82, 2.24) is 5.32 Å². The van der Waals surface area contributed by atoms with Crippen molar-refractivity contribution in [3.05, 3.63) is 0 Å². The number of methoxy groups -OCH3 is 1. The molecule has 2 heterocycles. The lowest BCUT2D eigenvalue weighted by Crippen LogP contribution is -2.32. The number of alkyl halides is 1. The van der Waals surface area contributed by atoms with Crippen molar-refractivity contribution in [3.63, 3.8) is 0 Å². The number of halogens is 1. The van der Waals surface area contributed by atoms with Crippen molar-refractivity contribution in [1.29, 1.82) is 0 Å². The Balaban J connectivity index is 2.30. The predicted molar refractivity (Wildman–Crippen MR) is 40.7 cm³/mol. The average molecular weight is 190 g/mol. The average Bonchev–Trinajstić information content (AvgIpc) is 2.51. The van der Waals surface area contributed by atoms with Crippen LogP contribution in [0.2, 0.25) is 0 Å². The van der Waals surface area contributed by atoms with Crippen LogP contribution in [0.4, 0.5) is 0 Å². The van der Waals surface area contributed by atoms with Crippen LogP contribution in [0.3, 0.4) is 0 Å². The number of hydrogen-bond acceptors (Lipinski definition) is 4. The monoisotopic (exact) mass is 189 g/mol. The minimum Gasteiger partial charge on any atom is -0.361 e. The molecule has 2 rings (SSSR count). The van der Waals surface area contributed by atoms with Gasteiger partial charge in [0, 0.05) is 7.11 Å². The highest BCUT2D eigenvalue weighted by Crippen LogP contribution is 2.40. The van der Waals surface area contributed by atoms with Gasteiger partial charge in [-0.1, -0.05) is 11.6 Å². The van der Waals surface area contributed by atoms with E-state index in [-0.39, 0.29) is 18.1 Å². The van der Waals surface area contributed by atoms with Crippen LogP contribution >= 0.6 is 11.6 Å². The first-order valence-corrected chi connectivity index (χ1v) is 3.97. The molecule has 0 unspecified atom stereocenters. The Bertz CT molecular complexity index is 257. The molecule has 0 aromatic heterocycles. The van der Waals surface area contributed by atoms with E-state index in [1.807, 2.05) is 0 Å². The Morgan fingerprint density at radius 3 is 3.25 bits per heavy atom. The maximum atomic E-state index is 11.3. The Hall–Kier alpha value is -0.680. The number of hydrogen-bond donors (Lipinski definition) is 1. The first-order chi connectivity index (χ1) is 5.68. The van der Waals surface area contributed by atoms with Gasteiger partial charge in [-0.3, -0.25) is 4.79 Å². The molecule has 6 heteroatoms. The lowest BCUT2D eigenvalue weighted by Gasteiger charge is -2.15. The topological polar surface area (TPSA) is 63.0 Å². The molecule has 1 saturated heterocycles. The summed E-state index contributed by atoms with van der Waals surface area (Å²) < 4.78 is 5.02. The zero-order valence-corrected chi connectivity index (χ0v) is 7.21. The molecule has 0 aromatic carbocycles. The van der Waals surface area contributed by atoms with Crippen molar-refractivity contribution in [2.45, 2.75) is 11.2 Å². The highest BCUT2D eigenvalue weighted by atomic mass is 35.5. The second kappa shape index (κ2) is 2.40. The van der Waals surface area contributed by atoms with Gasteiger partial charge in [-0.25, -0.2) is 0 Å². The fourth-order valence-corrected chi connectivity index (χ4v) is 1.78. The van der Waals surface area contributed by atoms with Crippen molar-refractivity contribution < 1.29 is 9.53 Å². The van der Waals surface area contributed by atoms with Crippen LogP contribution < -0.4 is 5.32 Å². The molecular weight excluding hydrogens is 182 g/mol. The van der Waals surface area contributed by atoms with E-state index in [0.29, 0.717) is 6.54 Å². The summed E-state index contributed by atoms with van der Waals surface area (Å²) in [5, 5.41) is 10.0. The van der Waals surface area contributed by atoms with Gasteiger partial charge in [-0.05, 0) is 0 Å². The molecule has 0 radical (unpaired) electrons. The number of nitrogens with one attached hydrogen (secondary N) is 1. The van der Waals surface area contributed by atoms with E-state index in [0.717, 1.165) is 0 Å². The van der Waals surface area contributed by atoms with Gasteiger partial charge >= 0.3 is 0 Å². The van der Waals surface area contributed by atoms with Crippen molar-refractivity contribution in [2.75, 3.05) is 13.7 Å². The van der Waals surface area contributed by atoms with E-state index in [4.69, 9.17) is 16.3 Å². The van der Waals surface area contributed by atoms with E-state index >= 15 is 0 Å². The molecule has 1 fully saturated rings. The molecule has 66 valence electrons.